The molecule has 0 aromatic heterocycles. The minimum atomic E-state index is -4.60. The van der Waals surface area contributed by atoms with Crippen molar-refractivity contribution < 1.29 is 27.6 Å². The summed E-state index contributed by atoms with van der Waals surface area (Å²) >= 11 is 0.790. The lowest BCUT2D eigenvalue weighted by atomic mass is 10.2. The van der Waals surface area contributed by atoms with Crippen LogP contribution in [0.4, 0.5) is 28.4 Å². The van der Waals surface area contributed by atoms with Crippen LogP contribution < -0.4 is 5.73 Å². The van der Waals surface area contributed by atoms with Gasteiger partial charge in [0, 0.05) is 10.6 Å². The smallest absolute Gasteiger partial charge is 0.296 e. The van der Waals surface area contributed by atoms with Crippen molar-refractivity contribution in [2.24, 2.45) is 20.5 Å². The second-order valence-corrected chi connectivity index (χ2v) is 8.46. The molecule has 0 amide bonds. The summed E-state index contributed by atoms with van der Waals surface area (Å²) in [5, 5.41) is 27.7. The van der Waals surface area contributed by atoms with Gasteiger partial charge in [0.25, 0.3) is 10.1 Å². The van der Waals surface area contributed by atoms with Crippen LogP contribution in [0.2, 0.25) is 0 Å². The van der Waals surface area contributed by atoms with Crippen LogP contribution >= 0.6 is 12.0 Å². The number of anilines is 1. The molecule has 13 heteroatoms. The topological polar surface area (TPSA) is 169 Å². The van der Waals surface area contributed by atoms with E-state index in [1.807, 2.05) is 0 Å². The number of azo groups is 2. The lowest BCUT2D eigenvalue weighted by Crippen LogP contribution is -1.98. The van der Waals surface area contributed by atoms with Crippen molar-refractivity contribution in [1.29, 1.82) is 0 Å². The third kappa shape index (κ3) is 6.40. The molecule has 11 nitrogen and oxygen atoms in total. The predicted molar refractivity (Wildman–Crippen MR) is 117 cm³/mol. The Morgan fingerprint density at radius 3 is 2.16 bits per heavy atom. The van der Waals surface area contributed by atoms with Crippen LogP contribution in [0, 0.1) is 6.92 Å². The van der Waals surface area contributed by atoms with Crippen molar-refractivity contribution in [2.75, 3.05) is 5.73 Å². The van der Waals surface area contributed by atoms with E-state index in [-0.39, 0.29) is 11.4 Å². The maximum absolute atomic E-state index is 11.8. The van der Waals surface area contributed by atoms with Gasteiger partial charge in [-0.05, 0) is 73.2 Å². The Labute approximate surface area is 187 Å². The van der Waals surface area contributed by atoms with Gasteiger partial charge in [-0.15, -0.1) is 9.45 Å². The fourth-order valence-corrected chi connectivity index (χ4v) is 3.49. The largest absolute Gasteiger partial charge is 0.399 e. The summed E-state index contributed by atoms with van der Waals surface area (Å²) in [7, 11) is -4.60. The van der Waals surface area contributed by atoms with E-state index < -0.39 is 15.0 Å². The lowest BCUT2D eigenvalue weighted by Gasteiger charge is -2.04. The summed E-state index contributed by atoms with van der Waals surface area (Å²) in [4.78, 5) is 0.177. The molecule has 0 unspecified atom stereocenters. The van der Waals surface area contributed by atoms with Gasteiger partial charge < -0.3 is 5.73 Å². The normalized spacial score (nSPS) is 12.1. The Bertz CT molecular complexity index is 1260. The highest BCUT2D eigenvalue weighted by Crippen LogP contribution is 2.32. The summed E-state index contributed by atoms with van der Waals surface area (Å²) in [6.45, 7) is 1.79. The van der Waals surface area contributed by atoms with E-state index in [0.29, 0.717) is 22.0 Å². The third-order valence-corrected chi connectivity index (χ3v) is 5.46. The van der Waals surface area contributed by atoms with E-state index in [2.05, 4.69) is 29.8 Å². The predicted octanol–water partition coefficient (Wildman–Crippen LogP) is 6.08. The van der Waals surface area contributed by atoms with Gasteiger partial charge in [0.2, 0.25) is 0 Å². The highest BCUT2D eigenvalue weighted by atomic mass is 32.2. The highest BCUT2D eigenvalue weighted by molar-refractivity contribution is 7.94. The molecule has 0 spiro atoms. The van der Waals surface area contributed by atoms with Crippen molar-refractivity contribution in [1.82, 2.24) is 0 Å². The maximum atomic E-state index is 11.8. The van der Waals surface area contributed by atoms with E-state index >= 15 is 0 Å². The minimum absolute atomic E-state index is 0.0600. The maximum Gasteiger partial charge on any atom is 0.296 e. The van der Waals surface area contributed by atoms with Gasteiger partial charge in [-0.2, -0.15) is 23.8 Å². The molecule has 0 heterocycles. The quantitative estimate of drug-likeness (QED) is 0.0878. The summed E-state index contributed by atoms with van der Waals surface area (Å²) in [5.74, 6) is 0. The van der Waals surface area contributed by atoms with Crippen LogP contribution in [0.5, 0.6) is 0 Å². The van der Waals surface area contributed by atoms with Crippen molar-refractivity contribution in [2.45, 2.75) is 16.7 Å². The number of nitrogen functional groups attached to an aromatic ring is 1. The average Bonchev–Trinajstić information content (AvgIpc) is 2.76. The van der Waals surface area contributed by atoms with Gasteiger partial charge in [0.05, 0.1) is 29.1 Å². The molecule has 3 rings (SSSR count). The molecule has 0 fully saturated rings. The first-order valence-electron chi connectivity index (χ1n) is 8.82. The molecule has 0 atom stereocenters. The molecule has 0 saturated carbocycles. The molecule has 3 aromatic carbocycles. The van der Waals surface area contributed by atoms with Gasteiger partial charge >= 0.3 is 0 Å². The molecule has 0 aliphatic heterocycles. The lowest BCUT2D eigenvalue weighted by molar-refractivity contribution is -0.432. The molecule has 0 aliphatic carbocycles. The average molecular weight is 476 g/mol. The molecule has 4 N–H and O–H groups in total. The Balaban J connectivity index is 1.85. The number of benzene rings is 3. The van der Waals surface area contributed by atoms with E-state index in [1.54, 1.807) is 49.4 Å². The summed E-state index contributed by atoms with van der Waals surface area (Å²) in [5.41, 5.74) is 8.11. The standard InChI is InChI=1S/C19H17N5O6S2/c1-12-10-13(20)2-8-17(12)23-24-18-9-5-15(11-19(18)32(26,27)28)22-21-14-3-6-16(7-4-14)31-30-29-25/h2-11,25H,20H2,1H3,(H,26,27,28). The van der Waals surface area contributed by atoms with Crippen LogP contribution in [-0.4, -0.2) is 18.2 Å². The monoisotopic (exact) mass is 475 g/mol. The van der Waals surface area contributed by atoms with Gasteiger partial charge in [-0.3, -0.25) is 4.55 Å². The van der Waals surface area contributed by atoms with Crippen molar-refractivity contribution in [3.8, 4) is 0 Å². The number of hydrogen-bond acceptors (Lipinski definition) is 11. The summed E-state index contributed by atoms with van der Waals surface area (Å²) in [6, 6.07) is 15.5. The fraction of sp³-hybridized carbons (Fsp3) is 0.0526. The number of nitrogens with zero attached hydrogens (tertiary/aromatic N) is 4. The van der Waals surface area contributed by atoms with Crippen molar-refractivity contribution >= 4 is 50.6 Å². The Morgan fingerprint density at radius 1 is 0.875 bits per heavy atom. The molecule has 3 aromatic rings. The van der Waals surface area contributed by atoms with Crippen LogP contribution in [-0.2, 0) is 19.5 Å². The first-order chi connectivity index (χ1) is 15.3. The van der Waals surface area contributed by atoms with Crippen LogP contribution in [0.15, 0.2) is 90.9 Å². The molecule has 0 aliphatic rings. The second-order valence-electron chi connectivity index (χ2n) is 6.29. The zero-order chi connectivity index (χ0) is 23.1. The summed E-state index contributed by atoms with van der Waals surface area (Å²) < 4.78 is 37.6. The summed E-state index contributed by atoms with van der Waals surface area (Å²) in [6.07, 6.45) is 0. The van der Waals surface area contributed by atoms with Crippen molar-refractivity contribution in [3.63, 3.8) is 0 Å². The van der Waals surface area contributed by atoms with Crippen LogP contribution in [0.3, 0.4) is 0 Å². The van der Waals surface area contributed by atoms with Crippen LogP contribution in [0.1, 0.15) is 5.56 Å². The van der Waals surface area contributed by atoms with E-state index in [1.165, 1.54) is 12.1 Å². The second kappa shape index (κ2) is 10.4. The Morgan fingerprint density at radius 2 is 1.50 bits per heavy atom. The van der Waals surface area contributed by atoms with Gasteiger partial charge in [-0.25, -0.2) is 5.26 Å². The van der Waals surface area contributed by atoms with Gasteiger partial charge in [0.1, 0.15) is 10.6 Å². The first kappa shape index (κ1) is 23.5. The fourth-order valence-electron chi connectivity index (χ4n) is 2.49. The number of hydrogen-bond donors (Lipinski definition) is 3. The minimum Gasteiger partial charge on any atom is -0.399 e. The van der Waals surface area contributed by atoms with E-state index in [4.69, 9.17) is 11.0 Å². The Hall–Kier alpha value is -3.20. The van der Waals surface area contributed by atoms with Crippen molar-refractivity contribution in [3.05, 3.63) is 66.2 Å². The zero-order valence-corrected chi connectivity index (χ0v) is 18.1. The number of nitrogens with two attached hydrogens (primary N) is 1. The molecular weight excluding hydrogens is 458 g/mol. The first-order valence-corrected chi connectivity index (χ1v) is 11.0. The SMILES string of the molecule is Cc1cc(N)ccc1N=Nc1ccc(N=Nc2ccc(SOOO)cc2)cc1S(=O)(=O)O. The zero-order valence-electron chi connectivity index (χ0n) is 16.5. The van der Waals surface area contributed by atoms with E-state index in [0.717, 1.165) is 23.7 Å². The third-order valence-electron chi connectivity index (χ3n) is 3.99. The number of aryl methyl sites for hydroxylation is 1. The number of rotatable bonds is 8. The molecule has 0 saturated heterocycles. The Kier molecular flexibility index (Phi) is 7.63. The molecule has 166 valence electrons. The van der Waals surface area contributed by atoms with Crippen LogP contribution in [0.25, 0.3) is 0 Å². The van der Waals surface area contributed by atoms with Gasteiger partial charge in [-0.1, -0.05) is 5.04 Å². The molecule has 0 bridgehead atoms. The van der Waals surface area contributed by atoms with Gasteiger partial charge in [0.15, 0.2) is 0 Å². The molecule has 32 heavy (non-hydrogen) atoms. The molecule has 0 radical (unpaired) electrons. The highest BCUT2D eigenvalue weighted by Gasteiger charge is 2.17. The molecular formula is C19H17N5O6S2. The van der Waals surface area contributed by atoms with E-state index in [9.17, 15) is 13.0 Å².